The molecule has 0 atom stereocenters. The van der Waals surface area contributed by atoms with E-state index in [-0.39, 0.29) is 11.5 Å². The molecule has 1 aromatic carbocycles. The number of nitrogens with zero attached hydrogens (tertiary/aromatic N) is 2. The number of piperidine rings is 2. The van der Waals surface area contributed by atoms with Crippen LogP contribution < -0.4 is 4.74 Å². The number of benzene rings is 1. The van der Waals surface area contributed by atoms with Crippen LogP contribution in [0.15, 0.2) is 41.2 Å². The molecule has 0 saturated carbocycles. The summed E-state index contributed by atoms with van der Waals surface area (Å²) < 4.78 is 11.3. The summed E-state index contributed by atoms with van der Waals surface area (Å²) in [5, 5.41) is 0. The van der Waals surface area contributed by atoms with Crippen molar-refractivity contribution >= 4 is 5.91 Å². The lowest BCUT2D eigenvalue weighted by molar-refractivity contribution is 0.0282. The molecule has 30 heavy (non-hydrogen) atoms. The van der Waals surface area contributed by atoms with Gasteiger partial charge in [0, 0.05) is 31.6 Å². The van der Waals surface area contributed by atoms with Crippen LogP contribution in [0.5, 0.6) is 5.75 Å². The van der Waals surface area contributed by atoms with E-state index in [1.54, 1.807) is 18.6 Å². The fraction of sp³-hybridized carbons (Fsp3) is 0.560. The van der Waals surface area contributed by atoms with Crippen molar-refractivity contribution in [3.63, 3.8) is 0 Å². The van der Waals surface area contributed by atoms with Gasteiger partial charge in [0.15, 0.2) is 0 Å². The smallest absolute Gasteiger partial charge is 0.257 e. The maximum absolute atomic E-state index is 12.6. The monoisotopic (exact) mass is 408 g/mol. The third kappa shape index (κ3) is 3.76. The number of ether oxygens (including phenoxy) is 1. The number of para-hydroxylation sites is 1. The summed E-state index contributed by atoms with van der Waals surface area (Å²) in [6.45, 7) is 9.29. The van der Waals surface area contributed by atoms with Gasteiger partial charge in [-0.25, -0.2) is 0 Å². The van der Waals surface area contributed by atoms with Crippen molar-refractivity contribution < 1.29 is 13.9 Å². The Hall–Kier alpha value is -2.27. The van der Waals surface area contributed by atoms with Crippen LogP contribution in [-0.2, 0) is 13.0 Å². The molecule has 4 heterocycles. The topological polar surface area (TPSA) is 45.9 Å². The van der Waals surface area contributed by atoms with Crippen LogP contribution in [0.2, 0.25) is 0 Å². The largest absolute Gasteiger partial charge is 0.487 e. The predicted octanol–water partition coefficient (Wildman–Crippen LogP) is 4.51. The molecule has 1 aromatic heterocycles. The number of likely N-dealkylation sites (tertiary alicyclic amines) is 2. The zero-order valence-electron chi connectivity index (χ0n) is 18.2. The first-order valence-electron chi connectivity index (χ1n) is 11.3. The number of rotatable bonds is 3. The lowest BCUT2D eigenvalue weighted by Gasteiger charge is -2.47. The molecule has 2 aromatic rings. The molecule has 0 aliphatic carbocycles. The second-order valence-electron chi connectivity index (χ2n) is 10.0. The van der Waals surface area contributed by atoms with E-state index in [4.69, 9.17) is 9.15 Å². The van der Waals surface area contributed by atoms with Crippen molar-refractivity contribution in [3.05, 3.63) is 53.5 Å². The fourth-order valence-electron chi connectivity index (χ4n) is 5.48. The predicted molar refractivity (Wildman–Crippen MR) is 116 cm³/mol. The quantitative estimate of drug-likeness (QED) is 0.750. The average molecular weight is 409 g/mol. The molecule has 1 amide bonds. The molecule has 5 rings (SSSR count). The first kappa shape index (κ1) is 19.7. The van der Waals surface area contributed by atoms with E-state index in [0.717, 1.165) is 57.7 Å². The Morgan fingerprint density at radius 2 is 1.77 bits per heavy atom. The minimum absolute atomic E-state index is 0.0910. The summed E-state index contributed by atoms with van der Waals surface area (Å²) in [6.07, 6.45) is 8.79. The molecule has 0 radical (unpaired) electrons. The molecular weight excluding hydrogens is 376 g/mol. The van der Waals surface area contributed by atoms with Crippen LogP contribution >= 0.6 is 0 Å². The third-order valence-electron chi connectivity index (χ3n) is 7.36. The third-order valence-corrected chi connectivity index (χ3v) is 7.36. The van der Waals surface area contributed by atoms with Crippen molar-refractivity contribution in [3.8, 4) is 5.75 Å². The zero-order chi connectivity index (χ0) is 20.8. The van der Waals surface area contributed by atoms with Crippen molar-refractivity contribution in [2.75, 3.05) is 26.2 Å². The summed E-state index contributed by atoms with van der Waals surface area (Å²) in [5.41, 5.74) is 3.66. The Morgan fingerprint density at radius 3 is 2.47 bits per heavy atom. The Morgan fingerprint density at radius 1 is 1.03 bits per heavy atom. The van der Waals surface area contributed by atoms with Crippen LogP contribution in [0.1, 0.15) is 61.0 Å². The Balaban J connectivity index is 1.16. The van der Waals surface area contributed by atoms with E-state index in [1.165, 1.54) is 24.0 Å². The van der Waals surface area contributed by atoms with Crippen LogP contribution in [0.25, 0.3) is 0 Å². The van der Waals surface area contributed by atoms with Gasteiger partial charge in [0.2, 0.25) is 0 Å². The van der Waals surface area contributed by atoms with Gasteiger partial charge in [0.25, 0.3) is 5.91 Å². The van der Waals surface area contributed by atoms with Gasteiger partial charge >= 0.3 is 0 Å². The summed E-state index contributed by atoms with van der Waals surface area (Å²) in [7, 11) is 0. The van der Waals surface area contributed by atoms with Crippen molar-refractivity contribution in [2.45, 2.75) is 58.1 Å². The number of amides is 1. The number of hydrogen-bond acceptors (Lipinski definition) is 4. The Labute approximate surface area is 179 Å². The lowest BCUT2D eigenvalue weighted by atomic mass is 9.71. The van der Waals surface area contributed by atoms with E-state index >= 15 is 0 Å². The fourth-order valence-corrected chi connectivity index (χ4v) is 5.48. The molecule has 2 fully saturated rings. The van der Waals surface area contributed by atoms with Crippen LogP contribution in [0.4, 0.5) is 0 Å². The highest BCUT2D eigenvalue weighted by molar-refractivity contribution is 5.93. The molecular formula is C25H32N2O3. The number of carbonyl (C=O) groups is 1. The Bertz CT molecular complexity index is 900. The van der Waals surface area contributed by atoms with Gasteiger partial charge in [-0.15, -0.1) is 0 Å². The maximum Gasteiger partial charge on any atom is 0.257 e. The molecule has 3 aliphatic rings. The first-order valence-corrected chi connectivity index (χ1v) is 11.3. The summed E-state index contributed by atoms with van der Waals surface area (Å²) >= 11 is 0. The average Bonchev–Trinajstić information content (AvgIpc) is 3.37. The molecule has 1 spiro atoms. The second kappa shape index (κ2) is 7.45. The van der Waals surface area contributed by atoms with Crippen LogP contribution in [-0.4, -0.2) is 47.5 Å². The molecule has 0 N–H and O–H groups in total. The molecule has 5 nitrogen and oxygen atoms in total. The summed E-state index contributed by atoms with van der Waals surface area (Å²) in [4.78, 5) is 17.1. The summed E-state index contributed by atoms with van der Waals surface area (Å²) in [5.74, 6) is 1.23. The highest BCUT2D eigenvalue weighted by Crippen LogP contribution is 2.43. The maximum atomic E-state index is 12.6. The number of fused-ring (bicyclic) bond motifs is 1. The van der Waals surface area contributed by atoms with Crippen molar-refractivity contribution in [1.82, 2.24) is 9.80 Å². The van der Waals surface area contributed by atoms with Gasteiger partial charge in [-0.05, 0) is 69.7 Å². The van der Waals surface area contributed by atoms with E-state index in [1.807, 2.05) is 4.90 Å². The number of carbonyl (C=O) groups excluding carboxylic acids is 1. The first-order chi connectivity index (χ1) is 14.4. The van der Waals surface area contributed by atoms with Crippen molar-refractivity contribution in [2.24, 2.45) is 5.41 Å². The minimum Gasteiger partial charge on any atom is -0.487 e. The zero-order valence-corrected chi connectivity index (χ0v) is 18.2. The van der Waals surface area contributed by atoms with Crippen molar-refractivity contribution in [1.29, 1.82) is 0 Å². The molecule has 160 valence electrons. The normalized spacial score (nSPS) is 22.7. The standard InChI is InChI=1S/C25H32N2O3/c1-24(2)16-19-4-3-5-20(22(19)30-24)17-26-11-7-25(8-12-26)9-13-27(14-10-25)23(28)21-6-15-29-18-21/h3-6,15,18H,7-14,16-17H2,1-2H3. The number of furan rings is 1. The molecule has 5 heteroatoms. The highest BCUT2D eigenvalue weighted by Gasteiger charge is 2.39. The van der Waals surface area contributed by atoms with E-state index < -0.39 is 0 Å². The molecule has 0 bridgehead atoms. The van der Waals surface area contributed by atoms with Crippen LogP contribution in [0, 0.1) is 5.41 Å². The SMILES string of the molecule is CC1(C)Cc2cccc(CN3CCC4(CC3)CCN(C(=O)c3ccoc3)CC4)c2O1. The van der Waals surface area contributed by atoms with Gasteiger partial charge in [0.1, 0.15) is 17.6 Å². The van der Waals surface area contributed by atoms with E-state index in [2.05, 4.69) is 36.9 Å². The lowest BCUT2D eigenvalue weighted by Crippen LogP contribution is -2.48. The minimum atomic E-state index is -0.0910. The second-order valence-corrected chi connectivity index (χ2v) is 10.0. The summed E-state index contributed by atoms with van der Waals surface area (Å²) in [6, 6.07) is 8.37. The van der Waals surface area contributed by atoms with E-state index in [0.29, 0.717) is 11.0 Å². The van der Waals surface area contributed by atoms with Gasteiger partial charge in [-0.1, -0.05) is 18.2 Å². The van der Waals surface area contributed by atoms with Crippen LogP contribution in [0.3, 0.4) is 0 Å². The Kier molecular flexibility index (Phi) is 4.89. The highest BCUT2D eigenvalue weighted by atomic mass is 16.5. The van der Waals surface area contributed by atoms with E-state index in [9.17, 15) is 4.79 Å². The van der Waals surface area contributed by atoms with Gasteiger partial charge in [0.05, 0.1) is 11.8 Å². The van der Waals surface area contributed by atoms with Gasteiger partial charge in [-0.2, -0.15) is 0 Å². The van der Waals surface area contributed by atoms with Gasteiger partial charge < -0.3 is 14.1 Å². The number of hydrogen-bond donors (Lipinski definition) is 0. The molecule has 3 aliphatic heterocycles. The molecule has 0 unspecified atom stereocenters. The molecule has 2 saturated heterocycles. The van der Waals surface area contributed by atoms with Gasteiger partial charge in [-0.3, -0.25) is 9.69 Å².